The topological polar surface area (TPSA) is 62.5 Å². The Bertz CT molecular complexity index is 1230. The van der Waals surface area contributed by atoms with E-state index in [1.807, 2.05) is 18.2 Å². The Hall–Kier alpha value is -3.44. The lowest BCUT2D eigenvalue weighted by Gasteiger charge is -2.21. The number of halogens is 1. The van der Waals surface area contributed by atoms with Crippen LogP contribution in [0.2, 0.25) is 0 Å². The van der Waals surface area contributed by atoms with Crippen molar-refractivity contribution in [1.82, 2.24) is 5.32 Å². The van der Waals surface area contributed by atoms with E-state index in [1.54, 1.807) is 18.2 Å². The predicted octanol–water partition coefficient (Wildman–Crippen LogP) is 5.08. The highest BCUT2D eigenvalue weighted by Gasteiger charge is 2.16. The normalized spacial score (nSPS) is 12.2. The average Bonchev–Trinajstić information content (AvgIpc) is 2.74. The highest BCUT2D eigenvalue weighted by molar-refractivity contribution is 5.81. The first-order valence-corrected chi connectivity index (χ1v) is 9.87. The number of rotatable bonds is 6. The molecule has 0 aliphatic carbocycles. The highest BCUT2D eigenvalue weighted by atomic mass is 19.1. The summed E-state index contributed by atoms with van der Waals surface area (Å²) < 4.78 is 19.1. The molecule has 2 N–H and O–H groups in total. The molecular formula is C25H22FNO3. The van der Waals surface area contributed by atoms with Gasteiger partial charge < -0.3 is 14.8 Å². The number of hydrogen-bond donors (Lipinski definition) is 2. The Morgan fingerprint density at radius 2 is 1.80 bits per heavy atom. The summed E-state index contributed by atoms with van der Waals surface area (Å²) in [5.41, 5.74) is 3.61. The minimum absolute atomic E-state index is 0.0319. The Labute approximate surface area is 173 Å². The molecule has 0 fully saturated rings. The van der Waals surface area contributed by atoms with Crippen LogP contribution >= 0.6 is 0 Å². The molecule has 0 amide bonds. The SMILES string of the molecule is CCc1ccc([C@H](NCc2cc(=O)oc3cc(O)ccc23)c2cccc(F)c2)cc1. The minimum atomic E-state index is -0.487. The Kier molecular flexibility index (Phi) is 5.63. The third-order valence-corrected chi connectivity index (χ3v) is 5.21. The van der Waals surface area contributed by atoms with Gasteiger partial charge in [0.05, 0.1) is 6.04 Å². The van der Waals surface area contributed by atoms with Gasteiger partial charge in [-0.2, -0.15) is 0 Å². The molecule has 4 nitrogen and oxygen atoms in total. The van der Waals surface area contributed by atoms with Crippen molar-refractivity contribution < 1.29 is 13.9 Å². The number of aryl methyl sites for hydroxylation is 1. The maximum absolute atomic E-state index is 13.9. The van der Waals surface area contributed by atoms with Crippen molar-refractivity contribution in [2.45, 2.75) is 25.9 Å². The molecule has 0 radical (unpaired) electrons. The van der Waals surface area contributed by atoms with E-state index >= 15 is 0 Å². The molecule has 3 aromatic carbocycles. The Morgan fingerprint density at radius 1 is 1.00 bits per heavy atom. The average molecular weight is 403 g/mol. The maximum atomic E-state index is 13.9. The fourth-order valence-corrected chi connectivity index (χ4v) is 3.64. The minimum Gasteiger partial charge on any atom is -0.508 e. The van der Waals surface area contributed by atoms with E-state index in [2.05, 4.69) is 24.4 Å². The monoisotopic (exact) mass is 403 g/mol. The number of benzene rings is 3. The van der Waals surface area contributed by atoms with Crippen LogP contribution in [0.5, 0.6) is 5.75 Å². The summed E-state index contributed by atoms with van der Waals surface area (Å²) in [6.07, 6.45) is 0.941. The summed E-state index contributed by atoms with van der Waals surface area (Å²) >= 11 is 0. The summed E-state index contributed by atoms with van der Waals surface area (Å²) in [7, 11) is 0. The first-order chi connectivity index (χ1) is 14.5. The second kappa shape index (κ2) is 8.51. The number of nitrogens with one attached hydrogen (secondary N) is 1. The van der Waals surface area contributed by atoms with Crippen molar-refractivity contribution in [3.8, 4) is 5.75 Å². The van der Waals surface area contributed by atoms with Gasteiger partial charge in [-0.15, -0.1) is 0 Å². The quantitative estimate of drug-likeness (QED) is 0.441. The van der Waals surface area contributed by atoms with Crippen LogP contribution in [0.25, 0.3) is 11.0 Å². The van der Waals surface area contributed by atoms with Crippen molar-refractivity contribution in [2.24, 2.45) is 0 Å². The van der Waals surface area contributed by atoms with Gasteiger partial charge in [0.1, 0.15) is 17.1 Å². The molecular weight excluding hydrogens is 381 g/mol. The fraction of sp³-hybridized carbons (Fsp3) is 0.160. The Balaban J connectivity index is 1.70. The standard InChI is InChI=1S/C25H22FNO3/c1-2-16-6-8-17(9-7-16)25(18-4-3-5-20(26)12-18)27-15-19-13-24(29)30-23-14-21(28)10-11-22(19)23/h3-14,25,27-28H,2,15H2,1H3/t25-/m0/s1. The summed E-state index contributed by atoms with van der Waals surface area (Å²) in [6.45, 7) is 2.46. The lowest BCUT2D eigenvalue weighted by atomic mass is 9.96. The zero-order chi connectivity index (χ0) is 21.1. The van der Waals surface area contributed by atoms with E-state index in [4.69, 9.17) is 4.42 Å². The van der Waals surface area contributed by atoms with E-state index in [0.29, 0.717) is 12.1 Å². The molecule has 0 bridgehead atoms. The third-order valence-electron chi connectivity index (χ3n) is 5.21. The molecule has 152 valence electrons. The van der Waals surface area contributed by atoms with E-state index in [0.717, 1.165) is 28.5 Å². The molecule has 0 spiro atoms. The van der Waals surface area contributed by atoms with E-state index < -0.39 is 5.63 Å². The van der Waals surface area contributed by atoms with Gasteiger partial charge >= 0.3 is 5.63 Å². The fourth-order valence-electron chi connectivity index (χ4n) is 3.64. The second-order valence-corrected chi connectivity index (χ2v) is 7.24. The van der Waals surface area contributed by atoms with Crippen LogP contribution in [0.3, 0.4) is 0 Å². The molecule has 4 rings (SSSR count). The molecule has 0 saturated heterocycles. The number of phenols is 1. The van der Waals surface area contributed by atoms with Crippen LogP contribution < -0.4 is 10.9 Å². The molecule has 1 heterocycles. The largest absolute Gasteiger partial charge is 0.508 e. The van der Waals surface area contributed by atoms with Crippen LogP contribution in [0.15, 0.2) is 82.0 Å². The lowest BCUT2D eigenvalue weighted by molar-refractivity contribution is 0.473. The molecule has 0 unspecified atom stereocenters. The van der Waals surface area contributed by atoms with Crippen LogP contribution in [0.1, 0.15) is 35.2 Å². The van der Waals surface area contributed by atoms with Gasteiger partial charge in [-0.05, 0) is 52.9 Å². The molecule has 0 aliphatic rings. The van der Waals surface area contributed by atoms with Crippen molar-refractivity contribution in [1.29, 1.82) is 0 Å². The van der Waals surface area contributed by atoms with E-state index in [1.165, 1.54) is 29.8 Å². The van der Waals surface area contributed by atoms with Crippen LogP contribution in [0.4, 0.5) is 4.39 Å². The number of phenolic OH excluding ortho intramolecular Hbond substituents is 1. The van der Waals surface area contributed by atoms with Crippen molar-refractivity contribution in [3.05, 3.63) is 111 Å². The summed E-state index contributed by atoms with van der Waals surface area (Å²) in [5.74, 6) is -0.268. The highest BCUT2D eigenvalue weighted by Crippen LogP contribution is 2.26. The molecule has 1 atom stereocenters. The van der Waals surface area contributed by atoms with Crippen molar-refractivity contribution in [2.75, 3.05) is 0 Å². The van der Waals surface area contributed by atoms with Gasteiger partial charge in [0.25, 0.3) is 0 Å². The van der Waals surface area contributed by atoms with Gasteiger partial charge in [-0.1, -0.05) is 43.3 Å². The number of fused-ring (bicyclic) bond motifs is 1. The second-order valence-electron chi connectivity index (χ2n) is 7.24. The maximum Gasteiger partial charge on any atom is 0.336 e. The predicted molar refractivity (Wildman–Crippen MR) is 115 cm³/mol. The molecule has 30 heavy (non-hydrogen) atoms. The van der Waals surface area contributed by atoms with Crippen molar-refractivity contribution >= 4 is 11.0 Å². The third kappa shape index (κ3) is 4.26. The molecule has 0 saturated carbocycles. The van der Waals surface area contributed by atoms with Crippen LogP contribution in [0, 0.1) is 5.82 Å². The Morgan fingerprint density at radius 3 is 2.53 bits per heavy atom. The molecule has 1 aromatic heterocycles. The molecule has 5 heteroatoms. The van der Waals surface area contributed by atoms with Gasteiger partial charge in [0.15, 0.2) is 0 Å². The van der Waals surface area contributed by atoms with Gasteiger partial charge in [0, 0.05) is 24.1 Å². The van der Waals surface area contributed by atoms with Crippen LogP contribution in [-0.2, 0) is 13.0 Å². The summed E-state index contributed by atoms with van der Waals surface area (Å²) in [5, 5.41) is 13.9. The number of hydrogen-bond acceptors (Lipinski definition) is 4. The smallest absolute Gasteiger partial charge is 0.336 e. The van der Waals surface area contributed by atoms with Crippen LogP contribution in [-0.4, -0.2) is 5.11 Å². The lowest BCUT2D eigenvalue weighted by Crippen LogP contribution is -2.23. The zero-order valence-electron chi connectivity index (χ0n) is 16.6. The zero-order valence-corrected chi connectivity index (χ0v) is 16.6. The molecule has 0 aliphatic heterocycles. The summed E-state index contributed by atoms with van der Waals surface area (Å²) in [4.78, 5) is 12.0. The molecule has 4 aromatic rings. The number of aromatic hydroxyl groups is 1. The van der Waals surface area contributed by atoms with Crippen molar-refractivity contribution in [3.63, 3.8) is 0 Å². The van der Waals surface area contributed by atoms with Gasteiger partial charge in [-0.3, -0.25) is 0 Å². The first kappa shape index (κ1) is 19.9. The van der Waals surface area contributed by atoms with E-state index in [-0.39, 0.29) is 17.6 Å². The summed E-state index contributed by atoms with van der Waals surface area (Å²) in [6, 6.07) is 20.6. The van der Waals surface area contributed by atoms with Gasteiger partial charge in [-0.25, -0.2) is 9.18 Å². The van der Waals surface area contributed by atoms with Gasteiger partial charge in [0.2, 0.25) is 0 Å². The van der Waals surface area contributed by atoms with E-state index in [9.17, 15) is 14.3 Å². The first-order valence-electron chi connectivity index (χ1n) is 9.87.